The van der Waals surface area contributed by atoms with Gasteiger partial charge in [-0.3, -0.25) is 9.59 Å². The molecule has 1 heterocycles. The van der Waals surface area contributed by atoms with E-state index in [4.69, 9.17) is 4.74 Å². The van der Waals surface area contributed by atoms with Crippen molar-refractivity contribution in [2.75, 3.05) is 5.32 Å². The molecule has 3 amide bonds. The molecule has 10 heteroatoms. The number of anilines is 1. The number of nitrogens with one attached hydrogen (secondary N) is 2. The van der Waals surface area contributed by atoms with Crippen LogP contribution in [0.2, 0.25) is 0 Å². The van der Waals surface area contributed by atoms with Gasteiger partial charge < -0.3 is 15.4 Å². The minimum absolute atomic E-state index is 0.0720. The van der Waals surface area contributed by atoms with Gasteiger partial charge in [-0.2, -0.15) is 0 Å². The van der Waals surface area contributed by atoms with Gasteiger partial charge in [0.25, 0.3) is 15.9 Å². The quantitative estimate of drug-likeness (QED) is 0.437. The Labute approximate surface area is 221 Å². The maximum atomic E-state index is 13.4. The zero-order chi connectivity index (χ0) is 27.5. The predicted octanol–water partition coefficient (Wildman–Crippen LogP) is 4.24. The first-order chi connectivity index (χ1) is 17.9. The maximum Gasteiger partial charge on any atom is 0.336 e. The molecule has 0 atom stereocenters. The molecule has 0 fully saturated rings. The fourth-order valence-corrected chi connectivity index (χ4v) is 5.39. The van der Waals surface area contributed by atoms with Crippen molar-refractivity contribution >= 4 is 33.6 Å². The van der Waals surface area contributed by atoms with Crippen LogP contribution in [0, 0.1) is 0 Å². The summed E-state index contributed by atoms with van der Waals surface area (Å²) < 4.78 is 32.8. The van der Waals surface area contributed by atoms with E-state index in [1.54, 1.807) is 45.0 Å². The number of nitrogens with zero attached hydrogens (tertiary/aromatic N) is 1. The van der Waals surface area contributed by atoms with E-state index < -0.39 is 27.6 Å². The van der Waals surface area contributed by atoms with Crippen LogP contribution in [-0.2, 0) is 39.1 Å². The molecule has 0 spiro atoms. The molecule has 0 unspecified atom stereocenters. The van der Waals surface area contributed by atoms with Gasteiger partial charge in [0.05, 0.1) is 18.7 Å². The minimum Gasteiger partial charge on any atom is -0.460 e. The lowest BCUT2D eigenvalue weighted by Crippen LogP contribution is -2.43. The Hall–Kier alpha value is -4.18. The molecule has 0 radical (unpaired) electrons. The fourth-order valence-electron chi connectivity index (χ4n) is 3.90. The van der Waals surface area contributed by atoms with Crippen LogP contribution < -0.4 is 10.6 Å². The molecule has 4 rings (SSSR count). The van der Waals surface area contributed by atoms with Gasteiger partial charge in [-0.1, -0.05) is 54.6 Å². The number of benzene rings is 3. The third kappa shape index (κ3) is 6.38. The Morgan fingerprint density at radius 3 is 2.24 bits per heavy atom. The van der Waals surface area contributed by atoms with Gasteiger partial charge in [-0.05, 0) is 55.7 Å². The number of carbonyl (C=O) groups excluding carboxylic acids is 3. The Morgan fingerprint density at radius 1 is 0.921 bits per heavy atom. The van der Waals surface area contributed by atoms with Gasteiger partial charge in [0, 0.05) is 12.1 Å². The Bertz CT molecular complexity index is 1460. The molecule has 198 valence electrons. The molecule has 0 saturated carbocycles. The van der Waals surface area contributed by atoms with Gasteiger partial charge in [-0.15, -0.1) is 0 Å². The van der Waals surface area contributed by atoms with Gasteiger partial charge in [-0.25, -0.2) is 17.5 Å². The highest BCUT2D eigenvalue weighted by Crippen LogP contribution is 2.32. The van der Waals surface area contributed by atoms with Gasteiger partial charge >= 0.3 is 12.0 Å². The van der Waals surface area contributed by atoms with Crippen molar-refractivity contribution in [1.29, 1.82) is 0 Å². The minimum atomic E-state index is -4.24. The third-order valence-electron chi connectivity index (χ3n) is 5.69. The molecule has 0 aliphatic carbocycles. The second-order valence-corrected chi connectivity index (χ2v) is 11.7. The van der Waals surface area contributed by atoms with Crippen LogP contribution in [0.15, 0.2) is 77.7 Å². The molecule has 3 aromatic rings. The molecule has 0 aromatic heterocycles. The average Bonchev–Trinajstić information content (AvgIpc) is 2.85. The standard InChI is InChI=1S/C28H29N3O6S/c1-28(2,3)37-25(32)15-19-9-11-21(12-10-19)18-31-27(34)30-23-14-13-22(16-24(23)38(31,35)36)26(33)29-17-20-7-5-4-6-8-20/h4-14,16H,15,17-18H2,1-3H3,(H,29,33)(H,30,34). The number of ether oxygens (including phenoxy) is 1. The van der Waals surface area contributed by atoms with Crippen LogP contribution in [0.5, 0.6) is 0 Å². The van der Waals surface area contributed by atoms with E-state index in [0.717, 1.165) is 9.87 Å². The first-order valence-corrected chi connectivity index (χ1v) is 13.5. The Balaban J connectivity index is 1.48. The topological polar surface area (TPSA) is 122 Å². The lowest BCUT2D eigenvalue weighted by molar-refractivity contribution is -0.153. The molecular formula is C28H29N3O6S. The van der Waals surface area contributed by atoms with Crippen molar-refractivity contribution < 1.29 is 27.5 Å². The van der Waals surface area contributed by atoms with Gasteiger partial charge in [0.2, 0.25) is 0 Å². The molecule has 1 aliphatic heterocycles. The lowest BCUT2D eigenvalue weighted by Gasteiger charge is -2.29. The summed E-state index contributed by atoms with van der Waals surface area (Å²) in [5.74, 6) is -0.806. The molecule has 2 N–H and O–H groups in total. The smallest absolute Gasteiger partial charge is 0.336 e. The summed E-state index contributed by atoms with van der Waals surface area (Å²) in [7, 11) is -4.24. The summed E-state index contributed by atoms with van der Waals surface area (Å²) in [4.78, 5) is 37.3. The van der Waals surface area contributed by atoms with Crippen LogP contribution in [0.25, 0.3) is 0 Å². The number of hydrogen-bond acceptors (Lipinski definition) is 6. The fraction of sp³-hybridized carbons (Fsp3) is 0.250. The molecule has 1 aliphatic rings. The SMILES string of the molecule is CC(C)(C)OC(=O)Cc1ccc(CN2C(=O)Nc3ccc(C(=O)NCc4ccccc4)cc3S2(=O)=O)cc1. The monoisotopic (exact) mass is 535 g/mol. The number of amides is 3. The second-order valence-electron chi connectivity index (χ2n) is 9.90. The summed E-state index contributed by atoms with van der Waals surface area (Å²) in [5.41, 5.74) is 1.83. The van der Waals surface area contributed by atoms with E-state index in [1.807, 2.05) is 30.3 Å². The average molecular weight is 536 g/mol. The largest absolute Gasteiger partial charge is 0.460 e. The van der Waals surface area contributed by atoms with Crippen LogP contribution in [0.3, 0.4) is 0 Å². The molecular weight excluding hydrogens is 506 g/mol. The van der Waals surface area contributed by atoms with Gasteiger partial charge in [0.1, 0.15) is 10.5 Å². The maximum absolute atomic E-state index is 13.4. The van der Waals surface area contributed by atoms with E-state index in [0.29, 0.717) is 11.1 Å². The van der Waals surface area contributed by atoms with E-state index in [9.17, 15) is 22.8 Å². The Morgan fingerprint density at radius 2 is 1.58 bits per heavy atom. The van der Waals surface area contributed by atoms with E-state index in [2.05, 4.69) is 10.6 Å². The normalized spacial score (nSPS) is 14.3. The van der Waals surface area contributed by atoms with E-state index >= 15 is 0 Å². The van der Waals surface area contributed by atoms with Crippen molar-refractivity contribution in [2.24, 2.45) is 0 Å². The highest BCUT2D eigenvalue weighted by molar-refractivity contribution is 7.90. The summed E-state index contributed by atoms with van der Waals surface area (Å²) in [6, 6.07) is 19.4. The zero-order valence-electron chi connectivity index (χ0n) is 21.4. The summed E-state index contributed by atoms with van der Waals surface area (Å²) in [6.45, 7) is 5.43. The van der Waals surface area contributed by atoms with E-state index in [1.165, 1.54) is 18.2 Å². The molecule has 3 aromatic carbocycles. The van der Waals surface area contributed by atoms with Crippen LogP contribution in [0.1, 0.15) is 47.8 Å². The number of hydrogen-bond donors (Lipinski definition) is 2. The highest BCUT2D eigenvalue weighted by atomic mass is 32.2. The van der Waals surface area contributed by atoms with Crippen molar-refractivity contribution in [2.45, 2.75) is 50.8 Å². The second kappa shape index (κ2) is 10.7. The highest BCUT2D eigenvalue weighted by Gasteiger charge is 2.37. The Kier molecular flexibility index (Phi) is 7.54. The predicted molar refractivity (Wildman–Crippen MR) is 142 cm³/mol. The van der Waals surface area contributed by atoms with Gasteiger partial charge in [0.15, 0.2) is 0 Å². The summed E-state index contributed by atoms with van der Waals surface area (Å²) in [5, 5.41) is 5.36. The van der Waals surface area contributed by atoms with Crippen LogP contribution >= 0.6 is 0 Å². The lowest BCUT2D eigenvalue weighted by atomic mass is 10.1. The molecule has 38 heavy (non-hydrogen) atoms. The van der Waals surface area contributed by atoms with Crippen molar-refractivity contribution in [3.05, 3.63) is 95.1 Å². The zero-order valence-corrected chi connectivity index (χ0v) is 22.2. The van der Waals surface area contributed by atoms with Crippen molar-refractivity contribution in [3.63, 3.8) is 0 Å². The number of rotatable bonds is 7. The number of sulfonamides is 1. The van der Waals surface area contributed by atoms with E-state index in [-0.39, 0.29) is 41.6 Å². The molecule has 9 nitrogen and oxygen atoms in total. The molecule has 0 bridgehead atoms. The number of carbonyl (C=O) groups is 3. The number of esters is 1. The van der Waals surface area contributed by atoms with Crippen LogP contribution in [-0.4, -0.2) is 36.2 Å². The number of urea groups is 1. The summed E-state index contributed by atoms with van der Waals surface area (Å²) in [6.07, 6.45) is 0.0720. The number of fused-ring (bicyclic) bond motifs is 1. The molecule has 0 saturated heterocycles. The van der Waals surface area contributed by atoms with Crippen molar-refractivity contribution in [1.82, 2.24) is 9.62 Å². The third-order valence-corrected chi connectivity index (χ3v) is 7.46. The first-order valence-electron chi connectivity index (χ1n) is 12.0. The van der Waals surface area contributed by atoms with Crippen molar-refractivity contribution in [3.8, 4) is 0 Å². The van der Waals surface area contributed by atoms with Crippen LogP contribution in [0.4, 0.5) is 10.5 Å². The summed E-state index contributed by atoms with van der Waals surface area (Å²) >= 11 is 0. The first kappa shape index (κ1) is 26.9.